The van der Waals surface area contributed by atoms with E-state index in [-0.39, 0.29) is 43.0 Å². The number of halogens is 2. The summed E-state index contributed by atoms with van der Waals surface area (Å²) < 4.78 is 0. The van der Waals surface area contributed by atoms with Crippen molar-refractivity contribution < 1.29 is 9.59 Å². The standard InChI is InChI=1S/C15H22N4O2.2ClH/c16-15(7-2-1-3-8-15)14(21)18-11-6-13(20)19-12-4-9-17-10-5-12;;/h4-5,9-10H,1-3,6-8,11,16H2,(H,18,21)(H,17,19,20);2*1H. The molecular weight excluding hydrogens is 339 g/mol. The maximum atomic E-state index is 12.1. The van der Waals surface area contributed by atoms with Gasteiger partial charge >= 0.3 is 0 Å². The Hall–Kier alpha value is -1.37. The molecule has 8 heteroatoms. The van der Waals surface area contributed by atoms with Crippen LogP contribution in [0.25, 0.3) is 0 Å². The first-order chi connectivity index (χ1) is 10.1. The second kappa shape index (κ2) is 10.4. The lowest BCUT2D eigenvalue weighted by molar-refractivity contribution is -0.127. The number of carbonyl (C=O) groups excluding carboxylic acids is 2. The first-order valence-corrected chi connectivity index (χ1v) is 7.37. The summed E-state index contributed by atoms with van der Waals surface area (Å²) in [7, 11) is 0. The number of nitrogens with one attached hydrogen (secondary N) is 2. The highest BCUT2D eigenvalue weighted by atomic mass is 35.5. The van der Waals surface area contributed by atoms with Crippen molar-refractivity contribution >= 4 is 42.3 Å². The van der Waals surface area contributed by atoms with Crippen LogP contribution >= 0.6 is 24.8 Å². The van der Waals surface area contributed by atoms with Crippen LogP contribution < -0.4 is 16.4 Å². The van der Waals surface area contributed by atoms with Gasteiger partial charge in [0, 0.05) is 31.0 Å². The molecule has 1 aliphatic carbocycles. The van der Waals surface area contributed by atoms with Crippen molar-refractivity contribution in [1.29, 1.82) is 0 Å². The zero-order chi connectivity index (χ0) is 15.1. The molecule has 1 aliphatic rings. The SMILES string of the molecule is Cl.Cl.NC1(C(=O)NCCC(=O)Nc2ccncc2)CCCCC1. The number of hydrogen-bond donors (Lipinski definition) is 3. The average Bonchev–Trinajstić information content (AvgIpc) is 2.49. The normalized spacial score (nSPS) is 15.5. The summed E-state index contributed by atoms with van der Waals surface area (Å²) in [4.78, 5) is 27.7. The molecule has 2 amide bonds. The minimum Gasteiger partial charge on any atom is -0.354 e. The molecule has 0 aromatic carbocycles. The van der Waals surface area contributed by atoms with Gasteiger partial charge in [-0.15, -0.1) is 24.8 Å². The van der Waals surface area contributed by atoms with Crippen LogP contribution in [0.5, 0.6) is 0 Å². The van der Waals surface area contributed by atoms with Gasteiger partial charge < -0.3 is 16.4 Å². The molecule has 2 rings (SSSR count). The summed E-state index contributed by atoms with van der Waals surface area (Å²) in [5.74, 6) is -0.282. The van der Waals surface area contributed by atoms with Crippen LogP contribution in [0, 0.1) is 0 Å². The van der Waals surface area contributed by atoms with Crippen LogP contribution in [-0.4, -0.2) is 28.9 Å². The summed E-state index contributed by atoms with van der Waals surface area (Å²) in [6, 6.07) is 3.43. The van der Waals surface area contributed by atoms with Crippen molar-refractivity contribution in [3.05, 3.63) is 24.5 Å². The third kappa shape index (κ3) is 6.72. The number of nitrogens with zero attached hydrogens (tertiary/aromatic N) is 1. The fourth-order valence-corrected chi connectivity index (χ4v) is 2.53. The van der Waals surface area contributed by atoms with Crippen LogP contribution in [0.1, 0.15) is 38.5 Å². The smallest absolute Gasteiger partial charge is 0.240 e. The van der Waals surface area contributed by atoms with E-state index in [1.807, 2.05) is 0 Å². The summed E-state index contributed by atoms with van der Waals surface area (Å²) in [5.41, 5.74) is 6.07. The molecule has 0 unspecified atom stereocenters. The van der Waals surface area contributed by atoms with Crippen molar-refractivity contribution in [2.24, 2.45) is 5.73 Å². The summed E-state index contributed by atoms with van der Waals surface area (Å²) >= 11 is 0. The van der Waals surface area contributed by atoms with Crippen molar-refractivity contribution in [2.75, 3.05) is 11.9 Å². The number of rotatable bonds is 5. The molecule has 1 heterocycles. The van der Waals surface area contributed by atoms with Gasteiger partial charge in [0.25, 0.3) is 0 Å². The summed E-state index contributed by atoms with van der Waals surface area (Å²) in [6.07, 6.45) is 8.02. The van der Waals surface area contributed by atoms with Gasteiger partial charge in [-0.2, -0.15) is 0 Å². The van der Waals surface area contributed by atoms with Crippen LogP contribution in [0.4, 0.5) is 5.69 Å². The lowest BCUT2D eigenvalue weighted by Gasteiger charge is -2.31. The Bertz CT molecular complexity index is 494. The van der Waals surface area contributed by atoms with E-state index in [1.54, 1.807) is 24.5 Å². The topological polar surface area (TPSA) is 97.1 Å². The zero-order valence-corrected chi connectivity index (χ0v) is 14.5. The predicted octanol–water partition coefficient (Wildman–Crippen LogP) is 2.03. The van der Waals surface area contributed by atoms with E-state index in [2.05, 4.69) is 15.6 Å². The highest BCUT2D eigenvalue weighted by Gasteiger charge is 2.34. The van der Waals surface area contributed by atoms with E-state index in [0.29, 0.717) is 12.2 Å². The highest BCUT2D eigenvalue weighted by Crippen LogP contribution is 2.25. The first-order valence-electron chi connectivity index (χ1n) is 7.37. The van der Waals surface area contributed by atoms with Crippen LogP contribution in [0.15, 0.2) is 24.5 Å². The molecule has 0 spiro atoms. The number of hydrogen-bond acceptors (Lipinski definition) is 4. The minimum absolute atomic E-state index is 0. The monoisotopic (exact) mass is 362 g/mol. The molecule has 4 N–H and O–H groups in total. The molecule has 0 aliphatic heterocycles. The van der Waals surface area contributed by atoms with Gasteiger partial charge in [0.05, 0.1) is 5.54 Å². The third-order valence-corrected chi connectivity index (χ3v) is 3.80. The zero-order valence-electron chi connectivity index (χ0n) is 12.9. The lowest BCUT2D eigenvalue weighted by Crippen LogP contribution is -2.55. The van der Waals surface area contributed by atoms with Crippen LogP contribution in [0.3, 0.4) is 0 Å². The maximum Gasteiger partial charge on any atom is 0.240 e. The molecule has 0 saturated heterocycles. The molecule has 0 radical (unpaired) electrons. The predicted molar refractivity (Wildman–Crippen MR) is 95.0 cm³/mol. The Morgan fingerprint density at radius 1 is 1.13 bits per heavy atom. The largest absolute Gasteiger partial charge is 0.354 e. The van der Waals surface area contributed by atoms with E-state index >= 15 is 0 Å². The van der Waals surface area contributed by atoms with E-state index in [4.69, 9.17) is 5.73 Å². The molecular formula is C15H24Cl2N4O2. The molecule has 1 aromatic rings. The third-order valence-electron chi connectivity index (χ3n) is 3.80. The summed E-state index contributed by atoms with van der Waals surface area (Å²) in [6.45, 7) is 0.300. The first kappa shape index (κ1) is 21.6. The van der Waals surface area contributed by atoms with Gasteiger partial charge in [0.2, 0.25) is 11.8 Å². The average molecular weight is 363 g/mol. The van der Waals surface area contributed by atoms with Gasteiger partial charge in [-0.3, -0.25) is 14.6 Å². The van der Waals surface area contributed by atoms with Crippen LogP contribution in [-0.2, 0) is 9.59 Å². The second-order valence-electron chi connectivity index (χ2n) is 5.51. The number of anilines is 1. The molecule has 0 bridgehead atoms. The Morgan fingerprint density at radius 2 is 1.74 bits per heavy atom. The van der Waals surface area contributed by atoms with E-state index in [1.165, 1.54) is 0 Å². The van der Waals surface area contributed by atoms with Gasteiger partial charge in [0.15, 0.2) is 0 Å². The van der Waals surface area contributed by atoms with Crippen molar-refractivity contribution in [2.45, 2.75) is 44.1 Å². The van der Waals surface area contributed by atoms with Gasteiger partial charge in [-0.05, 0) is 25.0 Å². The van der Waals surface area contributed by atoms with E-state index in [9.17, 15) is 9.59 Å². The molecule has 1 aromatic heterocycles. The molecule has 130 valence electrons. The Kier molecular flexibility index (Phi) is 9.79. The number of nitrogens with two attached hydrogens (primary N) is 1. The van der Waals surface area contributed by atoms with E-state index < -0.39 is 5.54 Å². The van der Waals surface area contributed by atoms with Crippen molar-refractivity contribution in [1.82, 2.24) is 10.3 Å². The number of pyridine rings is 1. The van der Waals surface area contributed by atoms with Crippen molar-refractivity contribution in [3.63, 3.8) is 0 Å². The Labute approximate surface area is 148 Å². The number of amides is 2. The Balaban J connectivity index is 0.00000242. The molecule has 1 fully saturated rings. The second-order valence-corrected chi connectivity index (χ2v) is 5.51. The number of aromatic nitrogens is 1. The molecule has 23 heavy (non-hydrogen) atoms. The van der Waals surface area contributed by atoms with Gasteiger partial charge in [-0.25, -0.2) is 0 Å². The Morgan fingerprint density at radius 3 is 2.35 bits per heavy atom. The number of carbonyl (C=O) groups is 2. The minimum atomic E-state index is -0.750. The summed E-state index contributed by atoms with van der Waals surface area (Å²) in [5, 5.41) is 5.52. The fourth-order valence-electron chi connectivity index (χ4n) is 2.53. The van der Waals surface area contributed by atoms with Gasteiger partial charge in [0.1, 0.15) is 0 Å². The maximum absolute atomic E-state index is 12.1. The fraction of sp³-hybridized carbons (Fsp3) is 0.533. The van der Waals surface area contributed by atoms with E-state index in [0.717, 1.165) is 32.1 Å². The molecule has 6 nitrogen and oxygen atoms in total. The quantitative estimate of drug-likeness (QED) is 0.746. The lowest BCUT2D eigenvalue weighted by atomic mass is 9.82. The molecule has 1 saturated carbocycles. The van der Waals surface area contributed by atoms with Crippen LogP contribution in [0.2, 0.25) is 0 Å². The van der Waals surface area contributed by atoms with Crippen molar-refractivity contribution in [3.8, 4) is 0 Å². The molecule has 0 atom stereocenters. The van der Waals surface area contributed by atoms with Gasteiger partial charge in [-0.1, -0.05) is 19.3 Å². The highest BCUT2D eigenvalue weighted by molar-refractivity contribution is 5.91.